The van der Waals surface area contributed by atoms with Gasteiger partial charge >= 0.3 is 0 Å². The molecular formula is C10H10ClN3S. The van der Waals surface area contributed by atoms with E-state index in [4.69, 9.17) is 29.6 Å². The van der Waals surface area contributed by atoms with Crippen molar-refractivity contribution < 1.29 is 0 Å². The molecular weight excluding hydrogens is 230 g/mol. The van der Waals surface area contributed by atoms with Crippen LogP contribution in [0.2, 0.25) is 5.15 Å². The van der Waals surface area contributed by atoms with Crippen molar-refractivity contribution in [3.05, 3.63) is 29.4 Å². The molecule has 0 radical (unpaired) electrons. The first kappa shape index (κ1) is 10.4. The molecule has 0 spiro atoms. The Balaban J connectivity index is 2.39. The van der Waals surface area contributed by atoms with E-state index in [9.17, 15) is 0 Å². The summed E-state index contributed by atoms with van der Waals surface area (Å²) in [6.07, 6.45) is 0.636. The summed E-state index contributed by atoms with van der Waals surface area (Å²) in [7, 11) is 0. The Labute approximate surface area is 97.8 Å². The summed E-state index contributed by atoms with van der Waals surface area (Å²) in [5, 5.41) is 5.71. The van der Waals surface area contributed by atoms with Crippen molar-refractivity contribution in [1.82, 2.24) is 9.78 Å². The van der Waals surface area contributed by atoms with Gasteiger partial charge in [0.25, 0.3) is 0 Å². The number of thiocarbonyl (C=S) groups is 1. The maximum atomic E-state index is 6.00. The molecule has 2 N–H and O–H groups in total. The fourth-order valence-electron chi connectivity index (χ4n) is 1.47. The Morgan fingerprint density at radius 3 is 2.93 bits per heavy atom. The van der Waals surface area contributed by atoms with Gasteiger partial charge in [0.05, 0.1) is 10.5 Å². The number of hydrogen-bond donors (Lipinski definition) is 1. The van der Waals surface area contributed by atoms with Crippen LogP contribution in [0.1, 0.15) is 6.42 Å². The predicted octanol–water partition coefficient (Wildman–Crippen LogP) is 2.37. The lowest BCUT2D eigenvalue weighted by Gasteiger charge is -2.01. The van der Waals surface area contributed by atoms with Crippen LogP contribution in [0.25, 0.3) is 10.9 Å². The van der Waals surface area contributed by atoms with Gasteiger partial charge in [0.2, 0.25) is 0 Å². The molecule has 2 aromatic rings. The van der Waals surface area contributed by atoms with E-state index >= 15 is 0 Å². The van der Waals surface area contributed by atoms with Crippen LogP contribution < -0.4 is 5.73 Å². The van der Waals surface area contributed by atoms with Gasteiger partial charge in [-0.15, -0.1) is 0 Å². The molecule has 0 aliphatic rings. The number of benzene rings is 1. The zero-order valence-corrected chi connectivity index (χ0v) is 9.55. The van der Waals surface area contributed by atoms with Crippen molar-refractivity contribution in [1.29, 1.82) is 0 Å². The summed E-state index contributed by atoms with van der Waals surface area (Å²) < 4.78 is 1.83. The van der Waals surface area contributed by atoms with E-state index in [1.807, 2.05) is 28.9 Å². The first-order valence-corrected chi connectivity index (χ1v) is 5.36. The van der Waals surface area contributed by atoms with Crippen molar-refractivity contribution in [2.75, 3.05) is 0 Å². The van der Waals surface area contributed by atoms with Gasteiger partial charge in [0, 0.05) is 18.4 Å². The second kappa shape index (κ2) is 4.16. The lowest BCUT2D eigenvalue weighted by atomic mass is 10.2. The Kier molecular flexibility index (Phi) is 2.88. The third-order valence-electron chi connectivity index (χ3n) is 2.18. The van der Waals surface area contributed by atoms with Gasteiger partial charge < -0.3 is 5.73 Å². The fraction of sp³-hybridized carbons (Fsp3) is 0.200. The Morgan fingerprint density at radius 1 is 1.47 bits per heavy atom. The van der Waals surface area contributed by atoms with Gasteiger partial charge in [0.1, 0.15) is 0 Å². The van der Waals surface area contributed by atoms with Gasteiger partial charge in [-0.3, -0.25) is 4.68 Å². The van der Waals surface area contributed by atoms with Gasteiger partial charge in [0.15, 0.2) is 5.15 Å². The first-order chi connectivity index (χ1) is 7.18. The molecule has 1 aromatic carbocycles. The van der Waals surface area contributed by atoms with Crippen LogP contribution in [0.5, 0.6) is 0 Å². The fourth-order valence-corrected chi connectivity index (χ4v) is 1.82. The number of aryl methyl sites for hydroxylation is 1. The van der Waals surface area contributed by atoms with Crippen molar-refractivity contribution in [3.63, 3.8) is 0 Å². The van der Waals surface area contributed by atoms with Crippen LogP contribution >= 0.6 is 23.8 Å². The molecule has 5 heteroatoms. The highest BCUT2D eigenvalue weighted by molar-refractivity contribution is 7.80. The average molecular weight is 240 g/mol. The van der Waals surface area contributed by atoms with E-state index in [2.05, 4.69) is 5.10 Å². The van der Waals surface area contributed by atoms with Crippen molar-refractivity contribution >= 4 is 39.7 Å². The molecule has 0 unspecified atom stereocenters. The summed E-state index contributed by atoms with van der Waals surface area (Å²) in [4.78, 5) is 0.491. The van der Waals surface area contributed by atoms with Gasteiger partial charge in [-0.2, -0.15) is 5.10 Å². The molecule has 0 saturated carbocycles. The molecule has 0 saturated heterocycles. The van der Waals surface area contributed by atoms with Crippen LogP contribution in [0.3, 0.4) is 0 Å². The molecule has 78 valence electrons. The van der Waals surface area contributed by atoms with Crippen LogP contribution in [-0.4, -0.2) is 14.8 Å². The van der Waals surface area contributed by atoms with Crippen molar-refractivity contribution in [2.24, 2.45) is 5.73 Å². The molecule has 0 fully saturated rings. The van der Waals surface area contributed by atoms with Crippen LogP contribution in [-0.2, 0) is 6.54 Å². The molecule has 1 heterocycles. The highest BCUT2D eigenvalue weighted by Crippen LogP contribution is 2.22. The third-order valence-corrected chi connectivity index (χ3v) is 2.67. The molecule has 1 aromatic heterocycles. The monoisotopic (exact) mass is 239 g/mol. The number of rotatable bonds is 3. The SMILES string of the molecule is NC(=S)CCn1nc(Cl)c2ccccc21. The summed E-state index contributed by atoms with van der Waals surface area (Å²) in [5.74, 6) is 0. The largest absolute Gasteiger partial charge is 0.393 e. The standard InChI is InChI=1S/C10H10ClN3S/c11-10-7-3-1-2-4-8(7)14(13-10)6-5-9(12)15/h1-4H,5-6H2,(H2,12,15). The lowest BCUT2D eigenvalue weighted by molar-refractivity contribution is 0.658. The van der Waals surface area contributed by atoms with E-state index in [1.54, 1.807) is 0 Å². The average Bonchev–Trinajstić information content (AvgIpc) is 2.54. The van der Waals surface area contributed by atoms with E-state index < -0.39 is 0 Å². The zero-order valence-electron chi connectivity index (χ0n) is 7.98. The predicted molar refractivity (Wildman–Crippen MR) is 66.1 cm³/mol. The normalized spacial score (nSPS) is 10.7. The third kappa shape index (κ3) is 2.11. The number of para-hydroxylation sites is 1. The Hall–Kier alpha value is -1.13. The number of fused-ring (bicyclic) bond motifs is 1. The molecule has 2 rings (SSSR count). The van der Waals surface area contributed by atoms with Crippen molar-refractivity contribution in [2.45, 2.75) is 13.0 Å². The number of nitrogens with two attached hydrogens (primary N) is 1. The van der Waals surface area contributed by atoms with Crippen molar-refractivity contribution in [3.8, 4) is 0 Å². The lowest BCUT2D eigenvalue weighted by Crippen LogP contribution is -2.12. The summed E-state index contributed by atoms with van der Waals surface area (Å²) in [5.41, 5.74) is 6.46. The van der Waals surface area contributed by atoms with Gasteiger partial charge in [-0.05, 0) is 12.1 Å². The van der Waals surface area contributed by atoms with E-state index in [0.717, 1.165) is 10.9 Å². The highest BCUT2D eigenvalue weighted by Gasteiger charge is 2.07. The summed E-state index contributed by atoms with van der Waals surface area (Å²) in [6.45, 7) is 0.669. The molecule has 3 nitrogen and oxygen atoms in total. The topological polar surface area (TPSA) is 43.8 Å². The Morgan fingerprint density at radius 2 is 2.20 bits per heavy atom. The second-order valence-electron chi connectivity index (χ2n) is 3.25. The Bertz CT molecular complexity index is 506. The maximum Gasteiger partial charge on any atom is 0.158 e. The number of halogens is 1. The summed E-state index contributed by atoms with van der Waals surface area (Å²) in [6, 6.07) is 7.82. The molecule has 0 atom stereocenters. The van der Waals surface area contributed by atoms with Gasteiger partial charge in [-0.25, -0.2) is 0 Å². The minimum atomic E-state index is 0.491. The molecule has 0 aliphatic carbocycles. The number of nitrogens with zero attached hydrogens (tertiary/aromatic N) is 2. The van der Waals surface area contributed by atoms with Crippen LogP contribution in [0.4, 0.5) is 0 Å². The minimum absolute atomic E-state index is 0.491. The smallest absolute Gasteiger partial charge is 0.158 e. The molecule has 15 heavy (non-hydrogen) atoms. The highest BCUT2D eigenvalue weighted by atomic mass is 35.5. The maximum absolute atomic E-state index is 6.00. The quantitative estimate of drug-likeness (QED) is 0.837. The van der Waals surface area contributed by atoms with E-state index in [0.29, 0.717) is 23.1 Å². The molecule has 0 aliphatic heterocycles. The molecule has 0 amide bonds. The minimum Gasteiger partial charge on any atom is -0.393 e. The van der Waals surface area contributed by atoms with Gasteiger partial charge in [-0.1, -0.05) is 36.0 Å². The number of aromatic nitrogens is 2. The zero-order chi connectivity index (χ0) is 10.8. The summed E-state index contributed by atoms with van der Waals surface area (Å²) >= 11 is 10.8. The molecule has 0 bridgehead atoms. The van der Waals surface area contributed by atoms with E-state index in [-0.39, 0.29) is 0 Å². The van der Waals surface area contributed by atoms with E-state index in [1.165, 1.54) is 0 Å². The van der Waals surface area contributed by atoms with Crippen LogP contribution in [0.15, 0.2) is 24.3 Å². The first-order valence-electron chi connectivity index (χ1n) is 4.58. The van der Waals surface area contributed by atoms with Crippen LogP contribution in [0, 0.1) is 0 Å². The second-order valence-corrected chi connectivity index (χ2v) is 4.13. The number of hydrogen-bond acceptors (Lipinski definition) is 2.